The summed E-state index contributed by atoms with van der Waals surface area (Å²) in [6.45, 7) is 0. The summed E-state index contributed by atoms with van der Waals surface area (Å²) in [6, 6.07) is 7.66. The van der Waals surface area contributed by atoms with Crippen molar-refractivity contribution < 1.29 is 9.59 Å². The second-order valence-corrected chi connectivity index (χ2v) is 4.36. The molecule has 0 spiro atoms. The van der Waals surface area contributed by atoms with Crippen molar-refractivity contribution >= 4 is 34.8 Å². The number of carbonyl (C=O) groups is 2. The molecular weight excluding hydrogens is 280 g/mol. The van der Waals surface area contributed by atoms with Crippen molar-refractivity contribution in [2.75, 3.05) is 11.1 Å². The summed E-state index contributed by atoms with van der Waals surface area (Å²) in [6.07, 6.45) is 1.35. The Balaban J connectivity index is 2.25. The molecule has 2 amide bonds. The van der Waals surface area contributed by atoms with Gasteiger partial charge < -0.3 is 16.8 Å². The van der Waals surface area contributed by atoms with E-state index in [0.717, 1.165) is 0 Å². The summed E-state index contributed by atoms with van der Waals surface area (Å²) >= 11 is 5.84. The van der Waals surface area contributed by atoms with Crippen LogP contribution in [0.3, 0.4) is 0 Å². The van der Waals surface area contributed by atoms with Gasteiger partial charge in [-0.3, -0.25) is 9.59 Å². The standard InChI is InChI=1S/C13H11ClN4O2/c14-11-10(5-8(15)6-17-11)13(20)18-9-3-1-2-7(4-9)12(16)19/h1-6H,15H2,(H2,16,19)(H,18,20). The number of pyridine rings is 1. The second-order valence-electron chi connectivity index (χ2n) is 4.01. The van der Waals surface area contributed by atoms with Crippen LogP contribution in [-0.4, -0.2) is 16.8 Å². The van der Waals surface area contributed by atoms with E-state index in [4.69, 9.17) is 23.1 Å². The highest BCUT2D eigenvalue weighted by Gasteiger charge is 2.12. The molecule has 0 unspecified atom stereocenters. The van der Waals surface area contributed by atoms with Gasteiger partial charge in [-0.1, -0.05) is 17.7 Å². The minimum absolute atomic E-state index is 0.0442. The molecule has 5 N–H and O–H groups in total. The summed E-state index contributed by atoms with van der Waals surface area (Å²) in [5.74, 6) is -1.05. The van der Waals surface area contributed by atoms with E-state index in [1.807, 2.05) is 0 Å². The number of primary amides is 1. The first-order valence-corrected chi connectivity index (χ1v) is 5.97. The van der Waals surface area contributed by atoms with Crippen LogP contribution in [0.2, 0.25) is 5.15 Å². The zero-order chi connectivity index (χ0) is 14.7. The van der Waals surface area contributed by atoms with E-state index in [-0.39, 0.29) is 10.7 Å². The summed E-state index contributed by atoms with van der Waals surface area (Å²) in [5.41, 5.74) is 11.9. The highest BCUT2D eigenvalue weighted by molar-refractivity contribution is 6.33. The van der Waals surface area contributed by atoms with Gasteiger partial charge in [-0.15, -0.1) is 0 Å². The molecule has 0 bridgehead atoms. The Morgan fingerprint density at radius 2 is 2.00 bits per heavy atom. The van der Waals surface area contributed by atoms with Gasteiger partial charge in [0.15, 0.2) is 0 Å². The van der Waals surface area contributed by atoms with Crippen LogP contribution in [0, 0.1) is 0 Å². The summed E-state index contributed by atoms with van der Waals surface area (Å²) < 4.78 is 0. The predicted octanol–water partition coefficient (Wildman–Crippen LogP) is 1.67. The lowest BCUT2D eigenvalue weighted by Crippen LogP contribution is -2.15. The number of anilines is 2. The molecule has 2 rings (SSSR count). The lowest BCUT2D eigenvalue weighted by atomic mass is 10.2. The van der Waals surface area contributed by atoms with Crippen molar-refractivity contribution in [3.8, 4) is 0 Å². The topological polar surface area (TPSA) is 111 Å². The number of nitrogens with zero attached hydrogens (tertiary/aromatic N) is 1. The Hall–Kier alpha value is -2.60. The Bertz CT molecular complexity index is 688. The highest BCUT2D eigenvalue weighted by Crippen LogP contribution is 2.18. The van der Waals surface area contributed by atoms with E-state index in [9.17, 15) is 9.59 Å². The molecule has 102 valence electrons. The van der Waals surface area contributed by atoms with E-state index in [1.165, 1.54) is 18.3 Å². The van der Waals surface area contributed by atoms with E-state index in [2.05, 4.69) is 10.3 Å². The second kappa shape index (κ2) is 5.58. The van der Waals surface area contributed by atoms with Crippen molar-refractivity contribution in [2.45, 2.75) is 0 Å². The molecule has 7 heteroatoms. The average Bonchev–Trinajstić information content (AvgIpc) is 2.41. The monoisotopic (exact) mass is 290 g/mol. The summed E-state index contributed by atoms with van der Waals surface area (Å²) in [7, 11) is 0. The first-order valence-electron chi connectivity index (χ1n) is 5.59. The largest absolute Gasteiger partial charge is 0.397 e. The number of nitrogens with one attached hydrogen (secondary N) is 1. The Labute approximate surface area is 119 Å². The van der Waals surface area contributed by atoms with Crippen LogP contribution in [0.25, 0.3) is 0 Å². The molecule has 6 nitrogen and oxygen atoms in total. The molecule has 0 aliphatic carbocycles. The Kier molecular flexibility index (Phi) is 3.86. The van der Waals surface area contributed by atoms with Gasteiger partial charge in [0.1, 0.15) is 5.15 Å². The predicted molar refractivity (Wildman–Crippen MR) is 76.6 cm³/mol. The Morgan fingerprint density at radius 1 is 1.25 bits per heavy atom. The fourth-order valence-corrected chi connectivity index (χ4v) is 1.76. The number of halogens is 1. The lowest BCUT2D eigenvalue weighted by Gasteiger charge is -2.07. The van der Waals surface area contributed by atoms with Crippen molar-refractivity contribution in [3.63, 3.8) is 0 Å². The van der Waals surface area contributed by atoms with Crippen LogP contribution < -0.4 is 16.8 Å². The van der Waals surface area contributed by atoms with Crippen LogP contribution in [0.5, 0.6) is 0 Å². The molecule has 1 heterocycles. The molecule has 1 aromatic carbocycles. The number of aromatic nitrogens is 1. The van der Waals surface area contributed by atoms with E-state index < -0.39 is 11.8 Å². The number of carbonyl (C=O) groups excluding carboxylic acids is 2. The fraction of sp³-hybridized carbons (Fsp3) is 0. The van der Waals surface area contributed by atoms with Crippen LogP contribution in [0.15, 0.2) is 36.5 Å². The number of rotatable bonds is 3. The number of benzene rings is 1. The van der Waals surface area contributed by atoms with Crippen molar-refractivity contribution in [3.05, 3.63) is 52.8 Å². The van der Waals surface area contributed by atoms with Gasteiger partial charge in [0.25, 0.3) is 5.91 Å². The summed E-state index contributed by atoms with van der Waals surface area (Å²) in [5, 5.41) is 2.64. The van der Waals surface area contributed by atoms with Gasteiger partial charge in [0, 0.05) is 11.3 Å². The molecule has 0 saturated carbocycles. The molecule has 20 heavy (non-hydrogen) atoms. The first-order chi connectivity index (χ1) is 9.47. The van der Waals surface area contributed by atoms with Crippen LogP contribution in [0.4, 0.5) is 11.4 Å². The minimum atomic E-state index is -0.579. The first kappa shape index (κ1) is 13.8. The molecule has 0 aliphatic rings. The third-order valence-corrected chi connectivity index (χ3v) is 2.81. The number of nitrogens with two attached hydrogens (primary N) is 2. The van der Waals surface area contributed by atoms with Gasteiger partial charge in [0.2, 0.25) is 5.91 Å². The van der Waals surface area contributed by atoms with Crippen molar-refractivity contribution in [1.82, 2.24) is 4.98 Å². The molecule has 2 aromatic rings. The van der Waals surface area contributed by atoms with Crippen LogP contribution in [0.1, 0.15) is 20.7 Å². The fourth-order valence-electron chi connectivity index (χ4n) is 1.57. The average molecular weight is 291 g/mol. The van der Waals surface area contributed by atoms with E-state index in [1.54, 1.807) is 18.2 Å². The zero-order valence-electron chi connectivity index (χ0n) is 10.3. The van der Waals surface area contributed by atoms with Crippen LogP contribution in [-0.2, 0) is 0 Å². The molecule has 1 aromatic heterocycles. The highest BCUT2D eigenvalue weighted by atomic mass is 35.5. The third-order valence-electron chi connectivity index (χ3n) is 2.51. The summed E-state index contributed by atoms with van der Waals surface area (Å²) in [4.78, 5) is 26.9. The van der Waals surface area contributed by atoms with E-state index in [0.29, 0.717) is 16.9 Å². The Morgan fingerprint density at radius 3 is 2.70 bits per heavy atom. The van der Waals surface area contributed by atoms with Gasteiger partial charge in [0.05, 0.1) is 17.4 Å². The van der Waals surface area contributed by atoms with Gasteiger partial charge in [-0.25, -0.2) is 4.98 Å². The molecule has 0 atom stereocenters. The smallest absolute Gasteiger partial charge is 0.258 e. The van der Waals surface area contributed by atoms with Crippen molar-refractivity contribution in [2.24, 2.45) is 5.73 Å². The number of hydrogen-bond donors (Lipinski definition) is 3. The number of hydrogen-bond acceptors (Lipinski definition) is 4. The quantitative estimate of drug-likeness (QED) is 0.746. The van der Waals surface area contributed by atoms with Gasteiger partial charge in [-0.05, 0) is 24.3 Å². The number of amides is 2. The maximum absolute atomic E-state index is 12.1. The lowest BCUT2D eigenvalue weighted by molar-refractivity contribution is 0.0996. The molecular formula is C13H11ClN4O2. The van der Waals surface area contributed by atoms with Gasteiger partial charge in [-0.2, -0.15) is 0 Å². The van der Waals surface area contributed by atoms with E-state index >= 15 is 0 Å². The molecule has 0 radical (unpaired) electrons. The normalized spacial score (nSPS) is 10.1. The molecule has 0 aliphatic heterocycles. The maximum Gasteiger partial charge on any atom is 0.258 e. The zero-order valence-corrected chi connectivity index (χ0v) is 11.0. The van der Waals surface area contributed by atoms with Gasteiger partial charge >= 0.3 is 0 Å². The molecule has 0 saturated heterocycles. The minimum Gasteiger partial charge on any atom is -0.397 e. The SMILES string of the molecule is NC(=O)c1cccc(NC(=O)c2cc(N)cnc2Cl)c1. The maximum atomic E-state index is 12.1. The third kappa shape index (κ3) is 3.04. The molecule has 0 fully saturated rings. The van der Waals surface area contributed by atoms with Crippen LogP contribution >= 0.6 is 11.6 Å². The number of nitrogen functional groups attached to an aromatic ring is 1. The van der Waals surface area contributed by atoms with Crippen molar-refractivity contribution in [1.29, 1.82) is 0 Å².